The summed E-state index contributed by atoms with van der Waals surface area (Å²) in [5.74, 6) is 1.38. The van der Waals surface area contributed by atoms with Gasteiger partial charge in [-0.05, 0) is 37.5 Å². The van der Waals surface area contributed by atoms with Crippen LogP contribution in [0, 0.1) is 5.41 Å². The fraction of sp³-hybridized carbons (Fsp3) is 0.333. The second kappa shape index (κ2) is 5.88. The molecule has 116 valence electrons. The molecular weight excluding hydrogens is 302 g/mol. The summed E-state index contributed by atoms with van der Waals surface area (Å²) in [5.41, 5.74) is 8.29. The molecule has 6 nitrogen and oxygen atoms in total. The number of nitrogens with one attached hydrogen (secondary N) is 2. The normalized spacial score (nSPS) is 13.9. The molecule has 7 heteroatoms. The van der Waals surface area contributed by atoms with Gasteiger partial charge in [0.15, 0.2) is 0 Å². The van der Waals surface area contributed by atoms with Crippen LogP contribution in [0.2, 0.25) is 5.02 Å². The van der Waals surface area contributed by atoms with E-state index in [1.54, 1.807) is 13.2 Å². The van der Waals surface area contributed by atoms with Crippen molar-refractivity contribution >= 4 is 23.4 Å². The standard InChI is InChI=1S/C15H18ClN5O/c1-22-12-6-5-9(16)8-11(12)13-10-4-2-3-7-19-14(10)21(20-13)15(17)18/h5-6,8,19H,2-4,7H2,1H3,(H3,17,18). The maximum atomic E-state index is 7.74. The molecule has 1 aliphatic heterocycles. The molecule has 0 bridgehead atoms. The van der Waals surface area contributed by atoms with Crippen molar-refractivity contribution in [1.82, 2.24) is 9.78 Å². The van der Waals surface area contributed by atoms with Crippen LogP contribution in [-0.2, 0) is 6.42 Å². The predicted octanol–water partition coefficient (Wildman–Crippen LogP) is 2.70. The Labute approximate surface area is 133 Å². The highest BCUT2D eigenvalue weighted by Crippen LogP contribution is 2.37. The van der Waals surface area contributed by atoms with Gasteiger partial charge in [0, 0.05) is 22.7 Å². The maximum Gasteiger partial charge on any atom is 0.215 e. The summed E-state index contributed by atoms with van der Waals surface area (Å²) in [6, 6.07) is 5.43. The lowest BCUT2D eigenvalue weighted by atomic mass is 10.0. The van der Waals surface area contributed by atoms with Gasteiger partial charge in [-0.3, -0.25) is 5.41 Å². The molecule has 0 unspecified atom stereocenters. The first-order valence-electron chi connectivity index (χ1n) is 7.16. The fourth-order valence-electron chi connectivity index (χ4n) is 2.76. The highest BCUT2D eigenvalue weighted by molar-refractivity contribution is 6.31. The molecule has 3 rings (SSSR count). The van der Waals surface area contributed by atoms with Crippen molar-refractivity contribution in [3.05, 3.63) is 28.8 Å². The van der Waals surface area contributed by atoms with Gasteiger partial charge >= 0.3 is 0 Å². The number of halogens is 1. The number of hydrogen-bond donors (Lipinski definition) is 3. The van der Waals surface area contributed by atoms with Crippen LogP contribution in [0.5, 0.6) is 5.75 Å². The number of fused-ring (bicyclic) bond motifs is 1. The largest absolute Gasteiger partial charge is 0.496 e. The van der Waals surface area contributed by atoms with Crippen LogP contribution in [0.3, 0.4) is 0 Å². The van der Waals surface area contributed by atoms with Crippen molar-refractivity contribution in [3.63, 3.8) is 0 Å². The molecule has 1 aromatic heterocycles. The Kier molecular flexibility index (Phi) is 3.94. The average molecular weight is 320 g/mol. The van der Waals surface area contributed by atoms with E-state index >= 15 is 0 Å². The third-order valence-corrected chi connectivity index (χ3v) is 4.01. The number of ether oxygens (including phenoxy) is 1. The summed E-state index contributed by atoms with van der Waals surface area (Å²) in [6.45, 7) is 0.845. The molecule has 1 aliphatic rings. The molecule has 1 aromatic carbocycles. The zero-order valence-electron chi connectivity index (χ0n) is 12.3. The van der Waals surface area contributed by atoms with Gasteiger partial charge in [0.1, 0.15) is 17.3 Å². The van der Waals surface area contributed by atoms with Crippen LogP contribution in [-0.4, -0.2) is 29.4 Å². The number of rotatable bonds is 2. The van der Waals surface area contributed by atoms with E-state index in [4.69, 9.17) is 27.5 Å². The minimum absolute atomic E-state index is 0.113. The van der Waals surface area contributed by atoms with Crippen molar-refractivity contribution < 1.29 is 4.74 Å². The van der Waals surface area contributed by atoms with Crippen LogP contribution in [0.25, 0.3) is 11.3 Å². The van der Waals surface area contributed by atoms with Gasteiger partial charge in [-0.1, -0.05) is 11.6 Å². The summed E-state index contributed by atoms with van der Waals surface area (Å²) < 4.78 is 6.87. The lowest BCUT2D eigenvalue weighted by Gasteiger charge is -2.08. The summed E-state index contributed by atoms with van der Waals surface area (Å²) in [7, 11) is 1.62. The third-order valence-electron chi connectivity index (χ3n) is 3.77. The summed E-state index contributed by atoms with van der Waals surface area (Å²) in [4.78, 5) is 0. The van der Waals surface area contributed by atoms with Crippen molar-refractivity contribution in [2.75, 3.05) is 19.0 Å². The number of nitrogen functional groups attached to an aromatic ring is 1. The molecule has 0 spiro atoms. The Morgan fingerprint density at radius 3 is 3.00 bits per heavy atom. The first kappa shape index (κ1) is 14.7. The topological polar surface area (TPSA) is 89.0 Å². The average Bonchev–Trinajstić information content (AvgIpc) is 2.69. The highest BCUT2D eigenvalue weighted by atomic mass is 35.5. The van der Waals surface area contributed by atoms with Crippen molar-refractivity contribution in [3.8, 4) is 17.0 Å². The quantitative estimate of drug-likeness (QED) is 0.586. The summed E-state index contributed by atoms with van der Waals surface area (Å²) >= 11 is 6.14. The Hall–Kier alpha value is -2.21. The van der Waals surface area contributed by atoms with E-state index in [9.17, 15) is 0 Å². The van der Waals surface area contributed by atoms with Gasteiger partial charge in [-0.15, -0.1) is 0 Å². The number of nitrogens with zero attached hydrogens (tertiary/aromatic N) is 2. The van der Waals surface area contributed by atoms with Crippen LogP contribution >= 0.6 is 11.6 Å². The van der Waals surface area contributed by atoms with E-state index in [-0.39, 0.29) is 5.96 Å². The molecule has 0 saturated heterocycles. The Balaban J connectivity index is 2.23. The maximum absolute atomic E-state index is 7.74. The van der Waals surface area contributed by atoms with E-state index < -0.39 is 0 Å². The van der Waals surface area contributed by atoms with E-state index in [0.717, 1.165) is 48.4 Å². The monoisotopic (exact) mass is 319 g/mol. The van der Waals surface area contributed by atoms with Crippen LogP contribution in [0.4, 0.5) is 5.82 Å². The SMILES string of the molecule is COc1ccc(Cl)cc1-c1nn(C(=N)N)c2c1CCCCN2. The molecule has 0 amide bonds. The minimum atomic E-state index is -0.113. The number of aromatic nitrogens is 2. The first-order valence-corrected chi connectivity index (χ1v) is 7.53. The number of nitrogens with two attached hydrogens (primary N) is 1. The van der Waals surface area contributed by atoms with Crippen molar-refractivity contribution in [2.24, 2.45) is 5.73 Å². The molecule has 0 fully saturated rings. The number of benzene rings is 1. The number of anilines is 1. The Morgan fingerprint density at radius 1 is 1.45 bits per heavy atom. The molecule has 2 aromatic rings. The van der Waals surface area contributed by atoms with Gasteiger partial charge < -0.3 is 15.8 Å². The van der Waals surface area contributed by atoms with Crippen molar-refractivity contribution in [1.29, 1.82) is 5.41 Å². The van der Waals surface area contributed by atoms with Gasteiger partial charge in [-0.2, -0.15) is 9.78 Å². The van der Waals surface area contributed by atoms with E-state index in [2.05, 4.69) is 10.4 Å². The smallest absolute Gasteiger partial charge is 0.215 e. The second-order valence-electron chi connectivity index (χ2n) is 5.20. The molecule has 0 radical (unpaired) electrons. The lowest BCUT2D eigenvalue weighted by Crippen LogP contribution is -2.24. The highest BCUT2D eigenvalue weighted by Gasteiger charge is 2.23. The Bertz CT molecular complexity index is 725. The zero-order valence-corrected chi connectivity index (χ0v) is 13.1. The fourth-order valence-corrected chi connectivity index (χ4v) is 2.93. The lowest BCUT2D eigenvalue weighted by molar-refractivity contribution is 0.416. The first-order chi connectivity index (χ1) is 10.6. The molecule has 22 heavy (non-hydrogen) atoms. The third kappa shape index (κ3) is 2.50. The Morgan fingerprint density at radius 2 is 2.27 bits per heavy atom. The predicted molar refractivity (Wildman–Crippen MR) is 88.0 cm³/mol. The second-order valence-corrected chi connectivity index (χ2v) is 5.64. The van der Waals surface area contributed by atoms with Gasteiger partial charge in [-0.25, -0.2) is 0 Å². The number of methoxy groups -OCH3 is 1. The van der Waals surface area contributed by atoms with E-state index in [0.29, 0.717) is 10.8 Å². The number of hydrogen-bond acceptors (Lipinski definition) is 4. The van der Waals surface area contributed by atoms with Gasteiger partial charge in [0.2, 0.25) is 5.96 Å². The van der Waals surface area contributed by atoms with Crippen LogP contribution in [0.15, 0.2) is 18.2 Å². The summed E-state index contributed by atoms with van der Waals surface area (Å²) in [6.07, 6.45) is 3.00. The molecule has 0 aliphatic carbocycles. The van der Waals surface area contributed by atoms with E-state index in [1.807, 2.05) is 12.1 Å². The zero-order chi connectivity index (χ0) is 15.7. The molecule has 0 atom stereocenters. The van der Waals surface area contributed by atoms with Crippen LogP contribution in [0.1, 0.15) is 18.4 Å². The summed E-state index contributed by atoms with van der Waals surface area (Å²) in [5, 5.41) is 16.2. The molecule has 0 saturated carbocycles. The van der Waals surface area contributed by atoms with Crippen LogP contribution < -0.4 is 15.8 Å². The minimum Gasteiger partial charge on any atom is -0.496 e. The molecule has 4 N–H and O–H groups in total. The van der Waals surface area contributed by atoms with E-state index in [1.165, 1.54) is 4.68 Å². The molecule has 2 heterocycles. The van der Waals surface area contributed by atoms with Gasteiger partial charge in [0.25, 0.3) is 0 Å². The van der Waals surface area contributed by atoms with Crippen molar-refractivity contribution in [2.45, 2.75) is 19.3 Å². The van der Waals surface area contributed by atoms with Gasteiger partial charge in [0.05, 0.1) is 7.11 Å². The molecular formula is C15H18ClN5O.